The summed E-state index contributed by atoms with van der Waals surface area (Å²) in [5.41, 5.74) is 2.60. The monoisotopic (exact) mass is 383 g/mol. The second-order valence-corrected chi connectivity index (χ2v) is 7.53. The topological polar surface area (TPSA) is 73.1 Å². The third-order valence-corrected chi connectivity index (χ3v) is 5.60. The molecular weight excluding hydrogens is 362 g/mol. The first kappa shape index (κ1) is 17.8. The van der Waals surface area contributed by atoms with Gasteiger partial charge in [-0.05, 0) is 30.9 Å². The maximum atomic E-state index is 13.3. The molecule has 0 saturated carbocycles. The summed E-state index contributed by atoms with van der Waals surface area (Å²) in [4.78, 5) is 20.5. The molecule has 1 unspecified atom stereocenters. The number of morpholine rings is 1. The molecule has 4 rings (SSSR count). The van der Waals surface area contributed by atoms with Crippen molar-refractivity contribution in [1.29, 1.82) is 0 Å². The zero-order valence-corrected chi connectivity index (χ0v) is 16.1. The number of ether oxygens (including phenoxy) is 1. The van der Waals surface area contributed by atoms with Gasteiger partial charge >= 0.3 is 0 Å². The van der Waals surface area contributed by atoms with Crippen LogP contribution in [-0.4, -0.2) is 49.7 Å². The highest BCUT2D eigenvalue weighted by molar-refractivity contribution is 7.06. The molecule has 1 saturated heterocycles. The normalized spacial score (nSPS) is 17.3. The number of aromatic nitrogens is 4. The van der Waals surface area contributed by atoms with Crippen molar-refractivity contribution in [2.45, 2.75) is 26.4 Å². The first-order chi connectivity index (χ1) is 13.1. The molecule has 0 aliphatic carbocycles. The van der Waals surface area contributed by atoms with Crippen LogP contribution in [0.25, 0.3) is 0 Å². The molecule has 1 fully saturated rings. The SMILES string of the molecule is Cc1nsc(C)c1C(=O)N1CCOCC1c1ncnn1Cc1ccccc1. The Labute approximate surface area is 161 Å². The third-order valence-electron chi connectivity index (χ3n) is 4.76. The number of aryl methyl sites for hydroxylation is 2. The first-order valence-electron chi connectivity index (χ1n) is 8.88. The van der Waals surface area contributed by atoms with Gasteiger partial charge in [0.15, 0.2) is 5.82 Å². The van der Waals surface area contributed by atoms with E-state index in [0.717, 1.165) is 22.0 Å². The fourth-order valence-electron chi connectivity index (χ4n) is 3.40. The van der Waals surface area contributed by atoms with Crippen LogP contribution in [0.4, 0.5) is 0 Å². The summed E-state index contributed by atoms with van der Waals surface area (Å²) >= 11 is 1.37. The molecule has 7 nitrogen and oxygen atoms in total. The summed E-state index contributed by atoms with van der Waals surface area (Å²) in [5, 5.41) is 4.38. The van der Waals surface area contributed by atoms with Gasteiger partial charge in [-0.1, -0.05) is 30.3 Å². The average molecular weight is 383 g/mol. The number of benzene rings is 1. The van der Waals surface area contributed by atoms with Crippen molar-refractivity contribution in [3.05, 3.63) is 64.2 Å². The number of rotatable bonds is 4. The van der Waals surface area contributed by atoms with Gasteiger partial charge in [0.1, 0.15) is 12.4 Å². The standard InChI is InChI=1S/C19H21N5O2S/c1-13-17(14(2)27-22-13)19(25)23-8-9-26-11-16(23)18-20-12-21-24(18)10-15-6-4-3-5-7-15/h3-7,12,16H,8-11H2,1-2H3. The molecule has 0 radical (unpaired) electrons. The second-order valence-electron chi connectivity index (χ2n) is 6.55. The summed E-state index contributed by atoms with van der Waals surface area (Å²) in [6.45, 7) is 5.87. The molecule has 0 N–H and O–H groups in total. The molecule has 3 aromatic rings. The van der Waals surface area contributed by atoms with Crippen molar-refractivity contribution in [1.82, 2.24) is 24.0 Å². The van der Waals surface area contributed by atoms with Crippen molar-refractivity contribution >= 4 is 17.4 Å². The molecule has 1 atom stereocenters. The minimum Gasteiger partial charge on any atom is -0.377 e. The van der Waals surface area contributed by atoms with Crippen molar-refractivity contribution in [3.8, 4) is 0 Å². The molecule has 0 spiro atoms. The fraction of sp³-hybridized carbons (Fsp3) is 0.368. The summed E-state index contributed by atoms with van der Waals surface area (Å²) < 4.78 is 11.9. The van der Waals surface area contributed by atoms with E-state index in [4.69, 9.17) is 4.74 Å². The van der Waals surface area contributed by atoms with Crippen LogP contribution in [0.15, 0.2) is 36.7 Å². The summed E-state index contributed by atoms with van der Waals surface area (Å²) in [6, 6.07) is 9.82. The van der Waals surface area contributed by atoms with E-state index < -0.39 is 0 Å². The van der Waals surface area contributed by atoms with Crippen LogP contribution in [0.3, 0.4) is 0 Å². The molecular formula is C19H21N5O2S. The number of carbonyl (C=O) groups excluding carboxylic acids is 1. The van der Waals surface area contributed by atoms with Gasteiger partial charge in [0, 0.05) is 11.4 Å². The van der Waals surface area contributed by atoms with Crippen molar-refractivity contribution < 1.29 is 9.53 Å². The predicted molar refractivity (Wildman–Crippen MR) is 102 cm³/mol. The van der Waals surface area contributed by atoms with Crippen molar-refractivity contribution in [2.75, 3.05) is 19.8 Å². The summed E-state index contributed by atoms with van der Waals surface area (Å²) in [6.07, 6.45) is 1.54. The summed E-state index contributed by atoms with van der Waals surface area (Å²) in [5.74, 6) is 0.728. The Morgan fingerprint density at radius 2 is 2.11 bits per heavy atom. The molecule has 1 aliphatic heterocycles. The number of amides is 1. The highest BCUT2D eigenvalue weighted by Crippen LogP contribution is 2.28. The van der Waals surface area contributed by atoms with Gasteiger partial charge in [0.05, 0.1) is 31.0 Å². The van der Waals surface area contributed by atoms with Crippen LogP contribution in [0.2, 0.25) is 0 Å². The molecule has 1 aromatic carbocycles. The Morgan fingerprint density at radius 1 is 1.30 bits per heavy atom. The van der Waals surface area contributed by atoms with Crippen LogP contribution in [0.5, 0.6) is 0 Å². The lowest BCUT2D eigenvalue weighted by Gasteiger charge is -2.35. The largest absolute Gasteiger partial charge is 0.377 e. The minimum absolute atomic E-state index is 0.0127. The van der Waals surface area contributed by atoms with Crippen LogP contribution in [-0.2, 0) is 11.3 Å². The van der Waals surface area contributed by atoms with E-state index in [1.54, 1.807) is 0 Å². The highest BCUT2D eigenvalue weighted by atomic mass is 32.1. The quantitative estimate of drug-likeness (QED) is 0.692. The van der Waals surface area contributed by atoms with Gasteiger partial charge in [0.25, 0.3) is 5.91 Å². The van der Waals surface area contributed by atoms with Crippen LogP contribution < -0.4 is 0 Å². The Balaban J connectivity index is 1.64. The van der Waals surface area contributed by atoms with Crippen LogP contribution in [0.1, 0.15) is 38.4 Å². The summed E-state index contributed by atoms with van der Waals surface area (Å²) in [7, 11) is 0. The molecule has 0 bridgehead atoms. The van der Waals surface area contributed by atoms with Gasteiger partial charge in [-0.25, -0.2) is 9.67 Å². The maximum Gasteiger partial charge on any atom is 0.257 e. The molecule has 8 heteroatoms. The second kappa shape index (κ2) is 7.58. The van der Waals surface area contributed by atoms with E-state index in [1.807, 2.05) is 41.6 Å². The first-order valence-corrected chi connectivity index (χ1v) is 9.65. The Kier molecular flexibility index (Phi) is 5.00. The molecule has 140 valence electrons. The van der Waals surface area contributed by atoms with E-state index in [1.165, 1.54) is 17.9 Å². The third kappa shape index (κ3) is 3.50. The lowest BCUT2D eigenvalue weighted by atomic mass is 10.1. The minimum atomic E-state index is -0.267. The lowest BCUT2D eigenvalue weighted by molar-refractivity contribution is -0.00641. The molecule has 1 amide bonds. The number of hydrogen-bond acceptors (Lipinski definition) is 6. The zero-order chi connectivity index (χ0) is 18.8. The lowest BCUT2D eigenvalue weighted by Crippen LogP contribution is -2.44. The van der Waals surface area contributed by atoms with Gasteiger partial charge in [0.2, 0.25) is 0 Å². The Bertz CT molecular complexity index is 917. The highest BCUT2D eigenvalue weighted by Gasteiger charge is 2.34. The number of nitrogens with zero attached hydrogens (tertiary/aromatic N) is 5. The Hall–Kier alpha value is -2.58. The Morgan fingerprint density at radius 3 is 2.85 bits per heavy atom. The molecule has 27 heavy (non-hydrogen) atoms. The van der Waals surface area contributed by atoms with E-state index in [0.29, 0.717) is 31.9 Å². The number of carbonyl (C=O) groups is 1. The van der Waals surface area contributed by atoms with E-state index >= 15 is 0 Å². The van der Waals surface area contributed by atoms with E-state index in [2.05, 4.69) is 26.6 Å². The number of hydrogen-bond donors (Lipinski definition) is 0. The fourth-order valence-corrected chi connectivity index (χ4v) is 4.09. The zero-order valence-electron chi connectivity index (χ0n) is 15.3. The van der Waals surface area contributed by atoms with Gasteiger partial charge in [-0.2, -0.15) is 9.47 Å². The van der Waals surface area contributed by atoms with Crippen molar-refractivity contribution in [2.24, 2.45) is 0 Å². The van der Waals surface area contributed by atoms with Crippen LogP contribution in [0, 0.1) is 13.8 Å². The smallest absolute Gasteiger partial charge is 0.257 e. The van der Waals surface area contributed by atoms with Gasteiger partial charge in [-0.3, -0.25) is 4.79 Å². The van der Waals surface area contributed by atoms with Crippen LogP contribution >= 0.6 is 11.5 Å². The molecule has 1 aliphatic rings. The van der Waals surface area contributed by atoms with E-state index in [9.17, 15) is 4.79 Å². The molecule has 3 heterocycles. The predicted octanol–water partition coefficient (Wildman–Crippen LogP) is 2.61. The van der Waals surface area contributed by atoms with Crippen molar-refractivity contribution in [3.63, 3.8) is 0 Å². The average Bonchev–Trinajstić information content (AvgIpc) is 3.28. The maximum absolute atomic E-state index is 13.3. The molecule has 2 aromatic heterocycles. The van der Waals surface area contributed by atoms with Gasteiger partial charge < -0.3 is 9.64 Å². The van der Waals surface area contributed by atoms with Gasteiger partial charge in [-0.15, -0.1) is 0 Å². The van der Waals surface area contributed by atoms with E-state index in [-0.39, 0.29) is 11.9 Å².